The van der Waals surface area contributed by atoms with Crippen molar-refractivity contribution >= 4 is 16.8 Å². The molecule has 0 aliphatic carbocycles. The van der Waals surface area contributed by atoms with E-state index >= 15 is 0 Å². The minimum Gasteiger partial charge on any atom is -0.334 e. The maximum Gasteiger partial charge on any atom is 0.315 e. The van der Waals surface area contributed by atoms with Gasteiger partial charge in [-0.25, -0.2) is 4.79 Å². The van der Waals surface area contributed by atoms with Gasteiger partial charge < -0.3 is 21.7 Å². The molecule has 22 heavy (non-hydrogen) atoms. The average molecular weight is 298 g/mol. The van der Waals surface area contributed by atoms with E-state index in [9.17, 15) is 4.79 Å². The average Bonchev–Trinajstić information content (AvgIpc) is 3.05. The van der Waals surface area contributed by atoms with Gasteiger partial charge in [-0.3, -0.25) is 0 Å². The first-order valence-corrected chi connectivity index (χ1v) is 7.73. The maximum absolute atomic E-state index is 12.1. The number of nitrogens with one attached hydrogen (secondary N) is 3. The second kappa shape index (κ2) is 6.77. The van der Waals surface area contributed by atoms with Crippen molar-refractivity contribution < 1.29 is 4.79 Å². The summed E-state index contributed by atoms with van der Waals surface area (Å²) in [6.07, 6.45) is 0.969. The Hall–Kier alpha value is -2.11. The van der Waals surface area contributed by atoms with E-state index in [1.165, 1.54) is 5.39 Å². The predicted molar refractivity (Wildman–Crippen MR) is 88.7 cm³/mol. The molecule has 0 saturated carbocycles. The highest BCUT2D eigenvalue weighted by Gasteiger charge is 2.19. The Bertz CT molecular complexity index is 652. The SMILES string of the molecule is NCC(NC(=O)N[C@H]1CCNC1)c1ccc2ccccc2c1. The minimum absolute atomic E-state index is 0.155. The van der Waals surface area contributed by atoms with Crippen LogP contribution in [-0.2, 0) is 0 Å². The molecule has 5 nitrogen and oxygen atoms in total. The monoisotopic (exact) mass is 298 g/mol. The summed E-state index contributed by atoms with van der Waals surface area (Å²) in [5.41, 5.74) is 6.88. The topological polar surface area (TPSA) is 79.2 Å². The number of carbonyl (C=O) groups excluding carboxylic acids is 1. The minimum atomic E-state index is -0.182. The number of urea groups is 1. The van der Waals surface area contributed by atoms with Gasteiger partial charge in [-0.15, -0.1) is 0 Å². The van der Waals surface area contributed by atoms with Crippen molar-refractivity contribution in [1.82, 2.24) is 16.0 Å². The highest BCUT2D eigenvalue weighted by atomic mass is 16.2. The van der Waals surface area contributed by atoms with Crippen LogP contribution in [0.25, 0.3) is 10.8 Å². The van der Waals surface area contributed by atoms with Gasteiger partial charge in [0.1, 0.15) is 0 Å². The molecule has 1 saturated heterocycles. The summed E-state index contributed by atoms with van der Waals surface area (Å²) in [5.74, 6) is 0. The first-order chi connectivity index (χ1) is 10.8. The van der Waals surface area contributed by atoms with Crippen LogP contribution in [0, 0.1) is 0 Å². The lowest BCUT2D eigenvalue weighted by atomic mass is 10.0. The van der Waals surface area contributed by atoms with Crippen molar-refractivity contribution in [2.75, 3.05) is 19.6 Å². The zero-order chi connectivity index (χ0) is 15.4. The molecule has 3 rings (SSSR count). The van der Waals surface area contributed by atoms with Crippen molar-refractivity contribution in [2.45, 2.75) is 18.5 Å². The van der Waals surface area contributed by atoms with Gasteiger partial charge in [-0.1, -0.05) is 36.4 Å². The quantitative estimate of drug-likeness (QED) is 0.691. The molecular formula is C17H22N4O. The molecule has 0 spiro atoms. The van der Waals surface area contributed by atoms with E-state index in [0.717, 1.165) is 30.5 Å². The van der Waals surface area contributed by atoms with Crippen molar-refractivity contribution in [3.05, 3.63) is 48.0 Å². The molecule has 2 aromatic rings. The number of rotatable bonds is 4. The van der Waals surface area contributed by atoms with Crippen LogP contribution in [0.15, 0.2) is 42.5 Å². The summed E-state index contributed by atoms with van der Waals surface area (Å²) in [5, 5.41) is 11.5. The predicted octanol–water partition coefficient (Wildman–Crippen LogP) is 1.50. The molecule has 1 fully saturated rings. The molecule has 1 aliphatic rings. The second-order valence-electron chi connectivity index (χ2n) is 5.70. The summed E-state index contributed by atoms with van der Waals surface area (Å²) in [4.78, 5) is 12.1. The third-order valence-electron chi connectivity index (χ3n) is 4.11. The molecule has 1 unspecified atom stereocenters. The molecular weight excluding hydrogens is 276 g/mol. The second-order valence-corrected chi connectivity index (χ2v) is 5.70. The van der Waals surface area contributed by atoms with E-state index in [1.54, 1.807) is 0 Å². The largest absolute Gasteiger partial charge is 0.334 e. The van der Waals surface area contributed by atoms with Crippen molar-refractivity contribution in [3.8, 4) is 0 Å². The van der Waals surface area contributed by atoms with E-state index in [4.69, 9.17) is 5.73 Å². The van der Waals surface area contributed by atoms with Gasteiger partial charge in [0, 0.05) is 19.1 Å². The Kier molecular flexibility index (Phi) is 4.56. The van der Waals surface area contributed by atoms with Gasteiger partial charge in [0.05, 0.1) is 6.04 Å². The smallest absolute Gasteiger partial charge is 0.315 e. The molecule has 116 valence electrons. The highest BCUT2D eigenvalue weighted by Crippen LogP contribution is 2.20. The van der Waals surface area contributed by atoms with E-state index in [2.05, 4.69) is 40.2 Å². The number of benzene rings is 2. The lowest BCUT2D eigenvalue weighted by Gasteiger charge is -2.20. The molecule has 0 radical (unpaired) electrons. The zero-order valence-corrected chi connectivity index (χ0v) is 12.5. The lowest BCUT2D eigenvalue weighted by molar-refractivity contribution is 0.234. The van der Waals surface area contributed by atoms with Gasteiger partial charge in [-0.2, -0.15) is 0 Å². The summed E-state index contributed by atoms with van der Waals surface area (Å²) in [6, 6.07) is 14.2. The number of hydrogen-bond donors (Lipinski definition) is 4. The fraction of sp³-hybridized carbons (Fsp3) is 0.353. The molecule has 5 heteroatoms. The van der Waals surface area contributed by atoms with Crippen molar-refractivity contribution in [1.29, 1.82) is 0 Å². The first-order valence-electron chi connectivity index (χ1n) is 7.73. The van der Waals surface area contributed by atoms with Crippen LogP contribution in [-0.4, -0.2) is 31.7 Å². The number of nitrogens with two attached hydrogens (primary N) is 1. The lowest BCUT2D eigenvalue weighted by Crippen LogP contribution is -2.45. The number of amides is 2. The third-order valence-corrected chi connectivity index (χ3v) is 4.11. The highest BCUT2D eigenvalue weighted by molar-refractivity contribution is 5.83. The Morgan fingerprint density at radius 1 is 1.27 bits per heavy atom. The summed E-state index contributed by atoms with van der Waals surface area (Å²) in [6.45, 7) is 2.15. The fourth-order valence-corrected chi connectivity index (χ4v) is 2.87. The molecule has 2 amide bonds. The molecule has 2 atom stereocenters. The van der Waals surface area contributed by atoms with Crippen LogP contribution < -0.4 is 21.7 Å². The fourth-order valence-electron chi connectivity index (χ4n) is 2.87. The van der Waals surface area contributed by atoms with Crippen LogP contribution in [0.5, 0.6) is 0 Å². The van der Waals surface area contributed by atoms with Crippen LogP contribution in [0.3, 0.4) is 0 Å². The maximum atomic E-state index is 12.1. The van der Waals surface area contributed by atoms with Crippen molar-refractivity contribution in [3.63, 3.8) is 0 Å². The Morgan fingerprint density at radius 3 is 2.82 bits per heavy atom. The Balaban J connectivity index is 1.70. The van der Waals surface area contributed by atoms with Gasteiger partial charge in [0.2, 0.25) is 0 Å². The number of hydrogen-bond acceptors (Lipinski definition) is 3. The summed E-state index contributed by atoms with van der Waals surface area (Å²) in [7, 11) is 0. The van der Waals surface area contributed by atoms with E-state index in [0.29, 0.717) is 6.54 Å². The van der Waals surface area contributed by atoms with Crippen molar-refractivity contribution in [2.24, 2.45) is 5.73 Å². The van der Waals surface area contributed by atoms with Crippen LogP contribution in [0.4, 0.5) is 4.79 Å². The first kappa shape index (κ1) is 14.8. The van der Waals surface area contributed by atoms with Gasteiger partial charge in [-0.05, 0) is 35.4 Å². The summed E-state index contributed by atoms with van der Waals surface area (Å²) >= 11 is 0. The zero-order valence-electron chi connectivity index (χ0n) is 12.5. The van der Waals surface area contributed by atoms with Gasteiger partial charge in [0.15, 0.2) is 0 Å². The molecule has 0 bridgehead atoms. The van der Waals surface area contributed by atoms with Gasteiger partial charge in [0.25, 0.3) is 0 Å². The Morgan fingerprint density at radius 2 is 2.09 bits per heavy atom. The molecule has 5 N–H and O–H groups in total. The third kappa shape index (κ3) is 3.37. The van der Waals surface area contributed by atoms with Crippen LogP contribution in [0.1, 0.15) is 18.0 Å². The van der Waals surface area contributed by atoms with E-state index in [1.807, 2.05) is 18.2 Å². The molecule has 1 heterocycles. The molecule has 2 aromatic carbocycles. The van der Waals surface area contributed by atoms with Crippen LogP contribution >= 0.6 is 0 Å². The number of fused-ring (bicyclic) bond motifs is 1. The Labute approximate surface area is 130 Å². The van der Waals surface area contributed by atoms with Gasteiger partial charge >= 0.3 is 6.03 Å². The van der Waals surface area contributed by atoms with E-state index in [-0.39, 0.29) is 18.1 Å². The summed E-state index contributed by atoms with van der Waals surface area (Å²) < 4.78 is 0. The van der Waals surface area contributed by atoms with Crippen LogP contribution in [0.2, 0.25) is 0 Å². The normalized spacial score (nSPS) is 19.0. The molecule has 1 aliphatic heterocycles. The van der Waals surface area contributed by atoms with E-state index < -0.39 is 0 Å². The number of carbonyl (C=O) groups is 1. The molecule has 0 aromatic heterocycles. The standard InChI is InChI=1S/C17H22N4O/c18-10-16(21-17(22)20-15-7-8-19-11-15)14-6-5-12-3-1-2-4-13(12)9-14/h1-6,9,15-16,19H,7-8,10-11,18H2,(H2,20,21,22)/t15-,16?/m0/s1.